The zero-order chi connectivity index (χ0) is 19.3. The molecule has 1 aliphatic heterocycles. The van der Waals surface area contributed by atoms with Crippen molar-refractivity contribution in [3.8, 4) is 5.69 Å². The monoisotopic (exact) mass is 370 g/mol. The van der Waals surface area contributed by atoms with E-state index in [1.165, 1.54) is 0 Å². The van der Waals surface area contributed by atoms with Crippen molar-refractivity contribution < 1.29 is 4.74 Å². The standard InChI is InChI=1S/C20H30N6O/c1-20(2,3)27-17-10-12-25(13-11-17)19(21-4)22-14-18-24-23-15-26(18)16-8-6-5-7-9-16/h5-9,15,17H,10-14H2,1-4H3,(H,21,22). The lowest BCUT2D eigenvalue weighted by atomic mass is 10.1. The molecule has 2 aromatic rings. The number of rotatable bonds is 4. The first-order chi connectivity index (χ1) is 13.0. The van der Waals surface area contributed by atoms with Crippen LogP contribution in [-0.2, 0) is 11.3 Å². The highest BCUT2D eigenvalue weighted by Crippen LogP contribution is 2.20. The van der Waals surface area contributed by atoms with Crippen molar-refractivity contribution in [3.63, 3.8) is 0 Å². The van der Waals surface area contributed by atoms with Crippen molar-refractivity contribution >= 4 is 5.96 Å². The second-order valence-electron chi connectivity index (χ2n) is 7.77. The van der Waals surface area contributed by atoms with Gasteiger partial charge >= 0.3 is 0 Å². The van der Waals surface area contributed by atoms with Crippen LogP contribution in [0.1, 0.15) is 39.4 Å². The molecule has 1 saturated heterocycles. The van der Waals surface area contributed by atoms with E-state index >= 15 is 0 Å². The molecule has 0 saturated carbocycles. The number of likely N-dealkylation sites (tertiary alicyclic amines) is 1. The second-order valence-corrected chi connectivity index (χ2v) is 7.77. The fourth-order valence-corrected chi connectivity index (χ4v) is 3.36. The fourth-order valence-electron chi connectivity index (χ4n) is 3.36. The van der Waals surface area contributed by atoms with Gasteiger partial charge in [-0.15, -0.1) is 10.2 Å². The molecule has 2 heterocycles. The van der Waals surface area contributed by atoms with Crippen LogP contribution in [0.5, 0.6) is 0 Å². The quantitative estimate of drug-likeness (QED) is 0.662. The summed E-state index contributed by atoms with van der Waals surface area (Å²) in [4.78, 5) is 6.73. The third kappa shape index (κ3) is 5.29. The molecule has 146 valence electrons. The molecular weight excluding hydrogens is 340 g/mol. The molecule has 0 amide bonds. The molecule has 0 radical (unpaired) electrons. The highest BCUT2D eigenvalue weighted by Gasteiger charge is 2.25. The van der Waals surface area contributed by atoms with Crippen molar-refractivity contribution in [1.29, 1.82) is 0 Å². The van der Waals surface area contributed by atoms with Crippen molar-refractivity contribution in [2.24, 2.45) is 4.99 Å². The molecule has 7 heteroatoms. The summed E-state index contributed by atoms with van der Waals surface area (Å²) in [6, 6.07) is 10.1. The van der Waals surface area contributed by atoms with Gasteiger partial charge in [-0.2, -0.15) is 0 Å². The smallest absolute Gasteiger partial charge is 0.194 e. The molecule has 1 N–H and O–H groups in total. The van der Waals surface area contributed by atoms with Crippen LogP contribution in [0.2, 0.25) is 0 Å². The summed E-state index contributed by atoms with van der Waals surface area (Å²) in [5.74, 6) is 1.75. The average molecular weight is 371 g/mol. The Morgan fingerprint density at radius 1 is 1.22 bits per heavy atom. The highest BCUT2D eigenvalue weighted by molar-refractivity contribution is 5.79. The van der Waals surface area contributed by atoms with Crippen LogP contribution in [0, 0.1) is 0 Å². The molecule has 1 aliphatic rings. The number of benzene rings is 1. The minimum atomic E-state index is -0.0890. The predicted octanol–water partition coefficient (Wildman–Crippen LogP) is 2.62. The Bertz CT molecular complexity index is 741. The minimum Gasteiger partial charge on any atom is -0.372 e. The van der Waals surface area contributed by atoms with E-state index in [0.717, 1.165) is 43.4 Å². The molecule has 1 aromatic carbocycles. The molecule has 1 aromatic heterocycles. The summed E-state index contributed by atoms with van der Waals surface area (Å²) in [5, 5.41) is 11.7. The number of aromatic nitrogens is 3. The van der Waals surface area contributed by atoms with E-state index in [1.807, 2.05) is 41.9 Å². The largest absolute Gasteiger partial charge is 0.372 e. The Kier molecular flexibility index (Phi) is 6.11. The maximum atomic E-state index is 6.12. The first-order valence-electron chi connectivity index (χ1n) is 9.54. The number of aliphatic imine (C=N–C) groups is 1. The Balaban J connectivity index is 1.56. The van der Waals surface area contributed by atoms with E-state index in [2.05, 4.69) is 46.2 Å². The van der Waals surface area contributed by atoms with Gasteiger partial charge in [-0.05, 0) is 45.7 Å². The first-order valence-corrected chi connectivity index (χ1v) is 9.54. The molecule has 27 heavy (non-hydrogen) atoms. The lowest BCUT2D eigenvalue weighted by Gasteiger charge is -2.36. The number of guanidine groups is 1. The molecular formula is C20H30N6O. The third-order valence-electron chi connectivity index (χ3n) is 4.53. The Morgan fingerprint density at radius 3 is 2.56 bits per heavy atom. The van der Waals surface area contributed by atoms with Gasteiger partial charge in [-0.1, -0.05) is 18.2 Å². The molecule has 0 atom stereocenters. The number of para-hydroxylation sites is 1. The molecule has 3 rings (SSSR count). The van der Waals surface area contributed by atoms with E-state index in [1.54, 1.807) is 6.33 Å². The Hall–Kier alpha value is -2.41. The molecule has 7 nitrogen and oxygen atoms in total. The van der Waals surface area contributed by atoms with E-state index in [-0.39, 0.29) is 5.60 Å². The van der Waals surface area contributed by atoms with Crippen LogP contribution in [0.3, 0.4) is 0 Å². The summed E-state index contributed by atoms with van der Waals surface area (Å²) in [5.41, 5.74) is 0.961. The van der Waals surface area contributed by atoms with Crippen molar-refractivity contribution in [1.82, 2.24) is 25.0 Å². The SMILES string of the molecule is CN=C(NCc1nncn1-c1ccccc1)N1CCC(OC(C)(C)C)CC1. The van der Waals surface area contributed by atoms with Crippen molar-refractivity contribution in [3.05, 3.63) is 42.5 Å². The number of nitrogens with one attached hydrogen (secondary N) is 1. The van der Waals surface area contributed by atoms with E-state index in [9.17, 15) is 0 Å². The number of piperidine rings is 1. The van der Waals surface area contributed by atoms with E-state index in [4.69, 9.17) is 4.74 Å². The summed E-state index contributed by atoms with van der Waals surface area (Å²) < 4.78 is 8.11. The van der Waals surface area contributed by atoms with Crippen LogP contribution >= 0.6 is 0 Å². The number of nitrogens with zero attached hydrogens (tertiary/aromatic N) is 5. The van der Waals surface area contributed by atoms with Gasteiger partial charge < -0.3 is 15.0 Å². The van der Waals surface area contributed by atoms with Gasteiger partial charge in [0.2, 0.25) is 0 Å². The number of hydrogen-bond donors (Lipinski definition) is 1. The van der Waals surface area contributed by atoms with Crippen LogP contribution in [0.4, 0.5) is 0 Å². The molecule has 0 bridgehead atoms. The van der Waals surface area contributed by atoms with Gasteiger partial charge in [-0.25, -0.2) is 0 Å². The number of ether oxygens (including phenoxy) is 1. The summed E-state index contributed by atoms with van der Waals surface area (Å²) >= 11 is 0. The van der Waals surface area contributed by atoms with Crippen molar-refractivity contribution in [2.75, 3.05) is 20.1 Å². The first kappa shape index (κ1) is 19.4. The Labute approximate surface area is 161 Å². The maximum Gasteiger partial charge on any atom is 0.194 e. The zero-order valence-corrected chi connectivity index (χ0v) is 16.7. The third-order valence-corrected chi connectivity index (χ3v) is 4.53. The highest BCUT2D eigenvalue weighted by atomic mass is 16.5. The van der Waals surface area contributed by atoms with E-state index in [0.29, 0.717) is 12.6 Å². The zero-order valence-electron chi connectivity index (χ0n) is 16.7. The van der Waals surface area contributed by atoms with Gasteiger partial charge in [-0.3, -0.25) is 9.56 Å². The maximum absolute atomic E-state index is 6.12. The molecule has 1 fully saturated rings. The van der Waals surface area contributed by atoms with E-state index < -0.39 is 0 Å². The lowest BCUT2D eigenvalue weighted by molar-refractivity contribution is -0.0772. The van der Waals surface area contributed by atoms with Gasteiger partial charge in [0.15, 0.2) is 11.8 Å². The topological polar surface area (TPSA) is 67.6 Å². The van der Waals surface area contributed by atoms with Crippen LogP contribution in [0.15, 0.2) is 41.7 Å². The van der Waals surface area contributed by atoms with Gasteiger partial charge in [0, 0.05) is 25.8 Å². The normalized spacial score (nSPS) is 16.6. The molecule has 0 spiro atoms. The molecule has 0 aliphatic carbocycles. The van der Waals surface area contributed by atoms with Gasteiger partial charge in [0.25, 0.3) is 0 Å². The second kappa shape index (κ2) is 8.52. The number of hydrogen-bond acceptors (Lipinski definition) is 4. The molecule has 0 unspecified atom stereocenters. The van der Waals surface area contributed by atoms with Gasteiger partial charge in [0.05, 0.1) is 18.2 Å². The summed E-state index contributed by atoms with van der Waals surface area (Å²) in [7, 11) is 1.82. The summed E-state index contributed by atoms with van der Waals surface area (Å²) in [6.45, 7) is 8.78. The predicted molar refractivity (Wildman–Crippen MR) is 107 cm³/mol. The lowest BCUT2D eigenvalue weighted by Crippen LogP contribution is -2.47. The fraction of sp³-hybridized carbons (Fsp3) is 0.550. The summed E-state index contributed by atoms with van der Waals surface area (Å²) in [6.07, 6.45) is 4.08. The Morgan fingerprint density at radius 2 is 1.93 bits per heavy atom. The minimum absolute atomic E-state index is 0.0890. The van der Waals surface area contributed by atoms with Crippen molar-refractivity contribution in [2.45, 2.75) is 51.9 Å². The van der Waals surface area contributed by atoms with Crippen LogP contribution < -0.4 is 5.32 Å². The van der Waals surface area contributed by atoms with Gasteiger partial charge in [0.1, 0.15) is 6.33 Å². The van der Waals surface area contributed by atoms with Crippen LogP contribution in [0.25, 0.3) is 5.69 Å². The average Bonchev–Trinajstić information content (AvgIpc) is 3.11. The van der Waals surface area contributed by atoms with Crippen LogP contribution in [-0.4, -0.2) is 57.5 Å².